The fraction of sp³-hybridized carbons (Fsp3) is 0.750. The van der Waals surface area contributed by atoms with Crippen LogP contribution in [0.2, 0.25) is 0 Å². The molecule has 0 aromatic carbocycles. The Bertz CT molecular complexity index is 419. The number of piperazine rings is 1. The second-order valence-corrected chi connectivity index (χ2v) is 6.50. The molecule has 0 aromatic rings. The highest BCUT2D eigenvalue weighted by atomic mass is 16.6. The van der Waals surface area contributed by atoms with Gasteiger partial charge in [0.05, 0.1) is 6.04 Å². The molecule has 0 radical (unpaired) electrons. The van der Waals surface area contributed by atoms with Crippen molar-refractivity contribution in [1.29, 1.82) is 0 Å². The fourth-order valence-electron chi connectivity index (χ4n) is 2.38. The summed E-state index contributed by atoms with van der Waals surface area (Å²) in [7, 11) is 0. The Morgan fingerprint density at radius 2 is 2.00 bits per heavy atom. The van der Waals surface area contributed by atoms with Crippen LogP contribution >= 0.6 is 0 Å². The van der Waals surface area contributed by atoms with Crippen LogP contribution in [0.25, 0.3) is 0 Å². The number of aliphatic hydroxyl groups is 1. The highest BCUT2D eigenvalue weighted by Gasteiger charge is 2.35. The highest BCUT2D eigenvalue weighted by Crippen LogP contribution is 2.19. The molecule has 1 saturated heterocycles. The van der Waals surface area contributed by atoms with Crippen molar-refractivity contribution in [2.45, 2.75) is 45.3 Å². The van der Waals surface area contributed by atoms with Crippen LogP contribution in [-0.2, 0) is 9.47 Å². The summed E-state index contributed by atoms with van der Waals surface area (Å²) in [4.78, 5) is 27.5. The van der Waals surface area contributed by atoms with Gasteiger partial charge in [0.15, 0.2) is 0 Å². The molecular weight excluding hydrogens is 300 g/mol. The van der Waals surface area contributed by atoms with Crippen LogP contribution in [0.5, 0.6) is 0 Å². The van der Waals surface area contributed by atoms with Crippen LogP contribution < -0.4 is 0 Å². The zero-order valence-electron chi connectivity index (χ0n) is 14.3. The minimum atomic E-state index is -0.571. The third-order valence-electron chi connectivity index (χ3n) is 3.39. The zero-order valence-corrected chi connectivity index (χ0v) is 14.3. The monoisotopic (exact) mass is 328 g/mol. The molecule has 1 aliphatic rings. The Kier molecular flexibility index (Phi) is 7.35. The Hall–Kier alpha value is -1.76. The molecular formula is C16H28N2O5. The SMILES string of the molecule is C=CCOC(=O)N1CCN(C(=O)OC(C)(C)C)C(CCCO)C1. The summed E-state index contributed by atoms with van der Waals surface area (Å²) in [5, 5.41) is 9.05. The van der Waals surface area contributed by atoms with E-state index >= 15 is 0 Å². The molecule has 1 atom stereocenters. The number of nitrogens with zero attached hydrogens (tertiary/aromatic N) is 2. The number of carbonyl (C=O) groups excluding carboxylic acids is 2. The van der Waals surface area contributed by atoms with E-state index in [2.05, 4.69) is 6.58 Å². The normalized spacial score (nSPS) is 18.5. The minimum Gasteiger partial charge on any atom is -0.445 e. The average molecular weight is 328 g/mol. The van der Waals surface area contributed by atoms with E-state index in [1.165, 1.54) is 6.08 Å². The molecule has 1 heterocycles. The lowest BCUT2D eigenvalue weighted by atomic mass is 10.1. The van der Waals surface area contributed by atoms with Crippen molar-refractivity contribution in [1.82, 2.24) is 9.80 Å². The second-order valence-electron chi connectivity index (χ2n) is 6.50. The quantitative estimate of drug-likeness (QED) is 0.781. The molecule has 1 unspecified atom stereocenters. The van der Waals surface area contributed by atoms with E-state index in [0.717, 1.165) is 0 Å². The van der Waals surface area contributed by atoms with Crippen molar-refractivity contribution in [3.8, 4) is 0 Å². The van der Waals surface area contributed by atoms with Crippen LogP contribution in [0.1, 0.15) is 33.6 Å². The number of rotatable bonds is 5. The summed E-state index contributed by atoms with van der Waals surface area (Å²) in [6.45, 7) is 10.3. The number of carbonyl (C=O) groups is 2. The first kappa shape index (κ1) is 19.3. The van der Waals surface area contributed by atoms with E-state index in [4.69, 9.17) is 14.6 Å². The Balaban J connectivity index is 2.71. The fourth-order valence-corrected chi connectivity index (χ4v) is 2.38. The third kappa shape index (κ3) is 6.48. The predicted octanol–water partition coefficient (Wildman–Crippen LogP) is 2.00. The summed E-state index contributed by atoms with van der Waals surface area (Å²) in [5.74, 6) is 0. The van der Waals surface area contributed by atoms with Gasteiger partial charge in [-0.3, -0.25) is 0 Å². The number of amides is 2. The molecule has 0 saturated carbocycles. The van der Waals surface area contributed by atoms with Crippen LogP contribution in [0.4, 0.5) is 9.59 Å². The molecule has 0 aromatic heterocycles. The average Bonchev–Trinajstić information content (AvgIpc) is 2.48. The lowest BCUT2D eigenvalue weighted by Crippen LogP contribution is -2.57. The molecule has 7 heteroatoms. The van der Waals surface area contributed by atoms with Crippen molar-refractivity contribution in [3.63, 3.8) is 0 Å². The van der Waals surface area contributed by atoms with Crippen molar-refractivity contribution in [2.75, 3.05) is 32.8 Å². The smallest absolute Gasteiger partial charge is 0.410 e. The molecule has 0 bridgehead atoms. The zero-order chi connectivity index (χ0) is 17.5. The molecule has 1 N–H and O–H groups in total. The van der Waals surface area contributed by atoms with Gasteiger partial charge >= 0.3 is 12.2 Å². The van der Waals surface area contributed by atoms with E-state index in [1.807, 2.05) is 20.8 Å². The predicted molar refractivity (Wildman–Crippen MR) is 86.2 cm³/mol. The van der Waals surface area contributed by atoms with E-state index < -0.39 is 11.7 Å². The van der Waals surface area contributed by atoms with Crippen molar-refractivity contribution < 1.29 is 24.2 Å². The van der Waals surface area contributed by atoms with Crippen molar-refractivity contribution in [3.05, 3.63) is 12.7 Å². The molecule has 23 heavy (non-hydrogen) atoms. The van der Waals surface area contributed by atoms with Gasteiger partial charge in [0.25, 0.3) is 0 Å². The number of hydrogen-bond acceptors (Lipinski definition) is 5. The first-order valence-corrected chi connectivity index (χ1v) is 7.91. The maximum absolute atomic E-state index is 12.3. The van der Waals surface area contributed by atoms with Gasteiger partial charge in [-0.25, -0.2) is 9.59 Å². The molecule has 1 aliphatic heterocycles. The lowest BCUT2D eigenvalue weighted by Gasteiger charge is -2.41. The Morgan fingerprint density at radius 1 is 1.30 bits per heavy atom. The van der Waals surface area contributed by atoms with Crippen LogP contribution in [0.3, 0.4) is 0 Å². The first-order valence-electron chi connectivity index (χ1n) is 7.91. The van der Waals surface area contributed by atoms with E-state index in [9.17, 15) is 9.59 Å². The van der Waals surface area contributed by atoms with Gasteiger partial charge in [-0.15, -0.1) is 0 Å². The molecule has 7 nitrogen and oxygen atoms in total. The topological polar surface area (TPSA) is 79.3 Å². The summed E-state index contributed by atoms with van der Waals surface area (Å²) >= 11 is 0. The second kappa shape index (κ2) is 8.76. The van der Waals surface area contributed by atoms with Crippen LogP contribution in [0.15, 0.2) is 12.7 Å². The van der Waals surface area contributed by atoms with E-state index in [1.54, 1.807) is 9.80 Å². The maximum atomic E-state index is 12.3. The Labute approximate surface area is 137 Å². The largest absolute Gasteiger partial charge is 0.445 e. The van der Waals surface area contributed by atoms with Gasteiger partial charge in [0.1, 0.15) is 12.2 Å². The number of hydrogen-bond donors (Lipinski definition) is 1. The van der Waals surface area contributed by atoms with E-state index in [0.29, 0.717) is 32.5 Å². The molecule has 1 rings (SSSR count). The van der Waals surface area contributed by atoms with Crippen molar-refractivity contribution in [2.24, 2.45) is 0 Å². The van der Waals surface area contributed by atoms with Gasteiger partial charge < -0.3 is 24.4 Å². The van der Waals surface area contributed by atoms with Gasteiger partial charge in [-0.2, -0.15) is 0 Å². The highest BCUT2D eigenvalue weighted by molar-refractivity contribution is 5.71. The van der Waals surface area contributed by atoms with Gasteiger partial charge in [0.2, 0.25) is 0 Å². The van der Waals surface area contributed by atoms with Gasteiger partial charge in [0, 0.05) is 26.2 Å². The van der Waals surface area contributed by atoms with Crippen LogP contribution in [0, 0.1) is 0 Å². The standard InChI is InChI=1S/C16H28N2O5/c1-5-11-22-14(20)17-8-9-18(13(12-17)7-6-10-19)15(21)23-16(2,3)4/h5,13,19H,1,6-12H2,2-4H3. The summed E-state index contributed by atoms with van der Waals surface area (Å²) < 4.78 is 10.5. The Morgan fingerprint density at radius 3 is 2.57 bits per heavy atom. The summed E-state index contributed by atoms with van der Waals surface area (Å²) in [6.07, 6.45) is 1.86. The van der Waals surface area contributed by atoms with Crippen molar-refractivity contribution >= 4 is 12.2 Å². The molecule has 1 fully saturated rings. The third-order valence-corrected chi connectivity index (χ3v) is 3.39. The summed E-state index contributed by atoms with van der Waals surface area (Å²) in [5.41, 5.74) is -0.571. The molecule has 2 amide bonds. The lowest BCUT2D eigenvalue weighted by molar-refractivity contribution is -0.00408. The van der Waals surface area contributed by atoms with Gasteiger partial charge in [-0.1, -0.05) is 12.7 Å². The first-order chi connectivity index (χ1) is 10.8. The number of aliphatic hydroxyl groups excluding tert-OH is 1. The molecule has 0 aliphatic carbocycles. The van der Waals surface area contributed by atoms with E-state index in [-0.39, 0.29) is 25.3 Å². The minimum absolute atomic E-state index is 0.0412. The molecule has 0 spiro atoms. The van der Waals surface area contributed by atoms with Crippen LogP contribution in [-0.4, -0.2) is 71.6 Å². The molecule has 132 valence electrons. The number of ether oxygens (including phenoxy) is 2. The maximum Gasteiger partial charge on any atom is 0.410 e. The van der Waals surface area contributed by atoms with Gasteiger partial charge in [-0.05, 0) is 33.6 Å². The summed E-state index contributed by atoms with van der Waals surface area (Å²) in [6, 6.07) is -0.193.